The first-order valence-corrected chi connectivity index (χ1v) is 10.3. The molecule has 6 nitrogen and oxygen atoms in total. The number of carbonyl (C=O) groups is 1. The van der Waals surface area contributed by atoms with Crippen molar-refractivity contribution in [1.82, 2.24) is 10.2 Å². The standard InChI is InChI=1S/C23H19N3O3S/c1-28-20-10-6-5-9-19(20)22-25-26-23(29-22)30-15-21(27)24-18-13-11-17(12-14-18)16-7-3-2-4-8-16/h2-14H,15H2,1H3,(H,24,27). The highest BCUT2D eigenvalue weighted by molar-refractivity contribution is 7.99. The predicted molar refractivity (Wildman–Crippen MR) is 118 cm³/mol. The Morgan fingerprint density at radius 2 is 1.63 bits per heavy atom. The lowest BCUT2D eigenvalue weighted by molar-refractivity contribution is -0.113. The third-order valence-electron chi connectivity index (χ3n) is 4.35. The van der Waals surface area contributed by atoms with E-state index in [-0.39, 0.29) is 11.7 Å². The van der Waals surface area contributed by atoms with Gasteiger partial charge in [-0.2, -0.15) is 0 Å². The van der Waals surface area contributed by atoms with E-state index in [4.69, 9.17) is 9.15 Å². The van der Waals surface area contributed by atoms with Crippen molar-refractivity contribution in [3.8, 4) is 28.3 Å². The molecule has 3 aromatic carbocycles. The number of nitrogens with zero attached hydrogens (tertiary/aromatic N) is 2. The lowest BCUT2D eigenvalue weighted by Crippen LogP contribution is -2.13. The van der Waals surface area contributed by atoms with Crippen LogP contribution in [0.4, 0.5) is 5.69 Å². The van der Waals surface area contributed by atoms with Crippen LogP contribution in [0.3, 0.4) is 0 Å². The maximum absolute atomic E-state index is 12.3. The molecular weight excluding hydrogens is 398 g/mol. The van der Waals surface area contributed by atoms with Crippen LogP contribution in [0.2, 0.25) is 0 Å². The van der Waals surface area contributed by atoms with E-state index in [2.05, 4.69) is 15.5 Å². The van der Waals surface area contributed by atoms with Crippen LogP contribution in [-0.2, 0) is 4.79 Å². The highest BCUT2D eigenvalue weighted by Gasteiger charge is 2.14. The van der Waals surface area contributed by atoms with E-state index in [1.54, 1.807) is 7.11 Å². The Balaban J connectivity index is 1.34. The summed E-state index contributed by atoms with van der Waals surface area (Å²) >= 11 is 1.18. The molecule has 1 N–H and O–H groups in total. The number of thioether (sulfide) groups is 1. The summed E-state index contributed by atoms with van der Waals surface area (Å²) in [6.07, 6.45) is 0. The summed E-state index contributed by atoms with van der Waals surface area (Å²) in [4.78, 5) is 12.3. The third-order valence-corrected chi connectivity index (χ3v) is 5.16. The van der Waals surface area contributed by atoms with E-state index in [0.717, 1.165) is 16.8 Å². The summed E-state index contributed by atoms with van der Waals surface area (Å²) < 4.78 is 11.0. The van der Waals surface area contributed by atoms with Gasteiger partial charge in [0.15, 0.2) is 0 Å². The fourth-order valence-electron chi connectivity index (χ4n) is 2.90. The quantitative estimate of drug-likeness (QED) is 0.420. The van der Waals surface area contributed by atoms with E-state index < -0.39 is 0 Å². The van der Waals surface area contributed by atoms with Gasteiger partial charge in [0.2, 0.25) is 5.91 Å². The Labute approximate surface area is 178 Å². The molecule has 0 aliphatic rings. The maximum atomic E-state index is 12.3. The highest BCUT2D eigenvalue weighted by atomic mass is 32.2. The first kappa shape index (κ1) is 19.7. The lowest BCUT2D eigenvalue weighted by atomic mass is 10.1. The van der Waals surface area contributed by atoms with E-state index in [1.165, 1.54) is 11.8 Å². The Hall–Kier alpha value is -3.58. The van der Waals surface area contributed by atoms with Crippen molar-refractivity contribution in [2.45, 2.75) is 5.22 Å². The first-order chi connectivity index (χ1) is 14.7. The Kier molecular flexibility index (Phi) is 6.10. The number of hydrogen-bond acceptors (Lipinski definition) is 6. The molecule has 0 aliphatic heterocycles. The number of carbonyl (C=O) groups excluding carboxylic acids is 1. The number of amides is 1. The summed E-state index contributed by atoms with van der Waals surface area (Å²) in [5.74, 6) is 1.01. The van der Waals surface area contributed by atoms with Crippen molar-refractivity contribution in [3.05, 3.63) is 78.9 Å². The van der Waals surface area contributed by atoms with Crippen molar-refractivity contribution in [2.24, 2.45) is 0 Å². The molecule has 1 heterocycles. The van der Waals surface area contributed by atoms with Gasteiger partial charge in [-0.05, 0) is 35.4 Å². The van der Waals surface area contributed by atoms with Gasteiger partial charge >= 0.3 is 0 Å². The summed E-state index contributed by atoms with van der Waals surface area (Å²) in [5.41, 5.74) is 3.67. The number of nitrogens with one attached hydrogen (secondary N) is 1. The molecule has 0 radical (unpaired) electrons. The zero-order valence-corrected chi connectivity index (χ0v) is 17.1. The molecule has 0 atom stereocenters. The Morgan fingerprint density at radius 3 is 2.40 bits per heavy atom. The van der Waals surface area contributed by atoms with E-state index >= 15 is 0 Å². The second-order valence-electron chi connectivity index (χ2n) is 6.35. The number of ether oxygens (including phenoxy) is 1. The fourth-order valence-corrected chi connectivity index (χ4v) is 3.46. The molecule has 0 spiro atoms. The SMILES string of the molecule is COc1ccccc1-c1nnc(SCC(=O)Nc2ccc(-c3ccccc3)cc2)o1. The zero-order chi connectivity index (χ0) is 20.8. The smallest absolute Gasteiger partial charge is 0.277 e. The van der Waals surface area contributed by atoms with Crippen molar-refractivity contribution >= 4 is 23.4 Å². The van der Waals surface area contributed by atoms with Crippen molar-refractivity contribution in [1.29, 1.82) is 0 Å². The van der Waals surface area contributed by atoms with Gasteiger partial charge in [-0.15, -0.1) is 10.2 Å². The molecule has 7 heteroatoms. The lowest BCUT2D eigenvalue weighted by Gasteiger charge is -2.06. The second kappa shape index (κ2) is 9.28. The van der Waals surface area contributed by atoms with Crippen molar-refractivity contribution < 1.29 is 13.9 Å². The van der Waals surface area contributed by atoms with Crippen LogP contribution in [0, 0.1) is 0 Å². The minimum Gasteiger partial charge on any atom is -0.496 e. The van der Waals surface area contributed by atoms with Crippen LogP contribution in [0.15, 0.2) is 88.5 Å². The van der Waals surface area contributed by atoms with E-state index in [1.807, 2.05) is 78.9 Å². The number of anilines is 1. The molecule has 0 unspecified atom stereocenters. The van der Waals surface area contributed by atoms with Gasteiger partial charge in [0.25, 0.3) is 11.1 Å². The average molecular weight is 417 g/mol. The van der Waals surface area contributed by atoms with Crippen LogP contribution in [0.1, 0.15) is 0 Å². The largest absolute Gasteiger partial charge is 0.496 e. The van der Waals surface area contributed by atoms with Crippen molar-refractivity contribution in [2.75, 3.05) is 18.2 Å². The van der Waals surface area contributed by atoms with Crippen LogP contribution in [-0.4, -0.2) is 29.0 Å². The Morgan fingerprint density at radius 1 is 0.933 bits per heavy atom. The number of methoxy groups -OCH3 is 1. The number of benzene rings is 3. The molecule has 4 aromatic rings. The summed E-state index contributed by atoms with van der Waals surface area (Å²) in [6, 6.07) is 25.2. The van der Waals surface area contributed by atoms with Gasteiger partial charge < -0.3 is 14.5 Å². The molecule has 0 aliphatic carbocycles. The topological polar surface area (TPSA) is 77.2 Å². The normalized spacial score (nSPS) is 10.6. The van der Waals surface area contributed by atoms with Gasteiger partial charge in [-0.3, -0.25) is 4.79 Å². The summed E-state index contributed by atoms with van der Waals surface area (Å²) in [5, 5.41) is 11.3. The minimum absolute atomic E-state index is 0.149. The Bertz CT molecular complexity index is 1130. The monoisotopic (exact) mass is 417 g/mol. The molecule has 150 valence electrons. The molecule has 0 saturated carbocycles. The van der Waals surface area contributed by atoms with Gasteiger partial charge in [-0.1, -0.05) is 66.4 Å². The number of para-hydroxylation sites is 1. The van der Waals surface area contributed by atoms with Crippen LogP contribution in [0.5, 0.6) is 5.75 Å². The number of rotatable bonds is 7. The van der Waals surface area contributed by atoms with Gasteiger partial charge in [0.1, 0.15) is 5.75 Å². The third kappa shape index (κ3) is 4.69. The molecule has 0 fully saturated rings. The molecule has 30 heavy (non-hydrogen) atoms. The van der Waals surface area contributed by atoms with Crippen molar-refractivity contribution in [3.63, 3.8) is 0 Å². The summed E-state index contributed by atoms with van der Waals surface area (Å²) in [6.45, 7) is 0. The van der Waals surface area contributed by atoms with Crippen LogP contribution >= 0.6 is 11.8 Å². The van der Waals surface area contributed by atoms with E-state index in [9.17, 15) is 4.79 Å². The maximum Gasteiger partial charge on any atom is 0.277 e. The van der Waals surface area contributed by atoms with Crippen LogP contribution in [0.25, 0.3) is 22.6 Å². The molecule has 1 aromatic heterocycles. The second-order valence-corrected chi connectivity index (χ2v) is 7.28. The summed E-state index contributed by atoms with van der Waals surface area (Å²) in [7, 11) is 1.58. The van der Waals surface area contributed by atoms with Gasteiger partial charge in [0, 0.05) is 5.69 Å². The fraction of sp³-hybridized carbons (Fsp3) is 0.0870. The average Bonchev–Trinajstić information content (AvgIpc) is 3.28. The number of hydrogen-bond donors (Lipinski definition) is 1. The zero-order valence-electron chi connectivity index (χ0n) is 16.2. The first-order valence-electron chi connectivity index (χ1n) is 9.28. The minimum atomic E-state index is -0.149. The molecular formula is C23H19N3O3S. The molecule has 0 bridgehead atoms. The van der Waals surface area contributed by atoms with Crippen LogP contribution < -0.4 is 10.1 Å². The predicted octanol–water partition coefficient (Wildman–Crippen LogP) is 5.14. The molecule has 0 saturated heterocycles. The van der Waals surface area contributed by atoms with Gasteiger partial charge in [-0.25, -0.2) is 0 Å². The number of aromatic nitrogens is 2. The highest BCUT2D eigenvalue weighted by Crippen LogP contribution is 2.30. The molecule has 1 amide bonds. The van der Waals surface area contributed by atoms with Gasteiger partial charge in [0.05, 0.1) is 18.4 Å². The molecule has 4 rings (SSSR count). The van der Waals surface area contributed by atoms with E-state index in [0.29, 0.717) is 22.4 Å².